The first-order valence-corrected chi connectivity index (χ1v) is 10.4. The van der Waals surface area contributed by atoms with Gasteiger partial charge in [0.25, 0.3) is 5.91 Å². The lowest BCUT2D eigenvalue weighted by atomic mass is 10.1. The van der Waals surface area contributed by atoms with E-state index in [2.05, 4.69) is 20.3 Å². The molecule has 164 valence electrons. The third-order valence-electron chi connectivity index (χ3n) is 5.32. The van der Waals surface area contributed by atoms with Gasteiger partial charge in [-0.25, -0.2) is 15.0 Å². The molecule has 8 heteroatoms. The molecule has 5 aromatic rings. The number of carbonyl (C=O) groups is 1. The molecule has 0 atom stereocenters. The maximum atomic E-state index is 12.4. The molecule has 0 spiro atoms. The SMILES string of the molecule is Cc1cc(Nc2ncnc3ccc(C(=O)N(C)C)cc23)ccc1Oc1ccn2ccnc2c1. The number of rotatable bonds is 5. The molecule has 0 radical (unpaired) electrons. The molecule has 0 saturated heterocycles. The van der Waals surface area contributed by atoms with Gasteiger partial charge in [-0.2, -0.15) is 0 Å². The molecule has 1 amide bonds. The van der Waals surface area contributed by atoms with E-state index < -0.39 is 0 Å². The van der Waals surface area contributed by atoms with Crippen molar-refractivity contribution < 1.29 is 9.53 Å². The minimum atomic E-state index is -0.0717. The normalized spacial score (nSPS) is 11.0. The van der Waals surface area contributed by atoms with E-state index in [-0.39, 0.29) is 5.91 Å². The molecule has 2 aromatic carbocycles. The lowest BCUT2D eigenvalue weighted by molar-refractivity contribution is 0.0828. The maximum absolute atomic E-state index is 12.4. The lowest BCUT2D eigenvalue weighted by Crippen LogP contribution is -2.21. The Morgan fingerprint density at radius 2 is 1.88 bits per heavy atom. The average Bonchev–Trinajstić information content (AvgIpc) is 3.28. The van der Waals surface area contributed by atoms with Crippen LogP contribution in [0.25, 0.3) is 16.6 Å². The van der Waals surface area contributed by atoms with Crippen LogP contribution in [0.5, 0.6) is 11.5 Å². The van der Waals surface area contributed by atoms with Crippen molar-refractivity contribution in [1.82, 2.24) is 24.3 Å². The number of imidazole rings is 1. The zero-order valence-electron chi connectivity index (χ0n) is 18.5. The van der Waals surface area contributed by atoms with Gasteiger partial charge in [0, 0.05) is 55.4 Å². The Kier molecular flexibility index (Phi) is 5.10. The van der Waals surface area contributed by atoms with Crippen molar-refractivity contribution in [2.75, 3.05) is 19.4 Å². The second-order valence-electron chi connectivity index (χ2n) is 7.92. The first kappa shape index (κ1) is 20.4. The standard InChI is InChI=1S/C25H22N6O2/c1-16-12-18(5-7-22(16)33-19-8-10-31-11-9-26-23(31)14-19)29-24-20-13-17(25(32)30(2)3)4-6-21(20)27-15-28-24/h4-15H,1-3H3,(H,27,28,29). The molecule has 0 bridgehead atoms. The molecule has 5 rings (SSSR count). The van der Waals surface area contributed by atoms with Crippen molar-refractivity contribution in [3.05, 3.63) is 84.6 Å². The van der Waals surface area contributed by atoms with Crippen molar-refractivity contribution in [1.29, 1.82) is 0 Å². The van der Waals surface area contributed by atoms with Crippen LogP contribution in [0.15, 0.2) is 73.4 Å². The highest BCUT2D eigenvalue weighted by molar-refractivity contribution is 6.00. The van der Waals surface area contributed by atoms with Gasteiger partial charge in [-0.05, 0) is 55.0 Å². The molecule has 3 aromatic heterocycles. The maximum Gasteiger partial charge on any atom is 0.253 e. The van der Waals surface area contributed by atoms with Gasteiger partial charge < -0.3 is 19.4 Å². The molecule has 0 unspecified atom stereocenters. The van der Waals surface area contributed by atoms with Crippen LogP contribution < -0.4 is 10.1 Å². The highest BCUT2D eigenvalue weighted by Gasteiger charge is 2.12. The quantitative estimate of drug-likeness (QED) is 0.423. The summed E-state index contributed by atoms with van der Waals surface area (Å²) in [6, 6.07) is 15.1. The molecule has 33 heavy (non-hydrogen) atoms. The van der Waals surface area contributed by atoms with Gasteiger partial charge in [-0.15, -0.1) is 0 Å². The summed E-state index contributed by atoms with van der Waals surface area (Å²) in [6.45, 7) is 1.99. The first-order valence-electron chi connectivity index (χ1n) is 10.4. The number of pyridine rings is 1. The number of aromatic nitrogens is 4. The number of nitrogens with one attached hydrogen (secondary N) is 1. The zero-order chi connectivity index (χ0) is 22.9. The summed E-state index contributed by atoms with van der Waals surface area (Å²) >= 11 is 0. The van der Waals surface area contributed by atoms with Crippen molar-refractivity contribution in [3.63, 3.8) is 0 Å². The predicted molar refractivity (Wildman–Crippen MR) is 127 cm³/mol. The Labute approximate surface area is 190 Å². The number of fused-ring (bicyclic) bond motifs is 2. The van der Waals surface area contributed by atoms with Crippen LogP contribution in [-0.2, 0) is 0 Å². The van der Waals surface area contributed by atoms with Crippen LogP contribution in [0, 0.1) is 6.92 Å². The predicted octanol–water partition coefficient (Wildman–Crippen LogP) is 4.82. The van der Waals surface area contributed by atoms with Crippen LogP contribution >= 0.6 is 0 Å². The van der Waals surface area contributed by atoms with Crippen LogP contribution in [0.1, 0.15) is 15.9 Å². The zero-order valence-corrected chi connectivity index (χ0v) is 18.5. The number of hydrogen-bond donors (Lipinski definition) is 1. The van der Waals surface area contributed by atoms with E-state index >= 15 is 0 Å². The van der Waals surface area contributed by atoms with Gasteiger partial charge >= 0.3 is 0 Å². The van der Waals surface area contributed by atoms with E-state index in [1.54, 1.807) is 31.3 Å². The highest BCUT2D eigenvalue weighted by atomic mass is 16.5. The molecule has 3 heterocycles. The Hall–Kier alpha value is -4.46. The fourth-order valence-electron chi connectivity index (χ4n) is 3.61. The Morgan fingerprint density at radius 1 is 1.00 bits per heavy atom. The van der Waals surface area contributed by atoms with Crippen LogP contribution in [0.3, 0.4) is 0 Å². The molecule has 0 aliphatic heterocycles. The fraction of sp³-hybridized carbons (Fsp3) is 0.120. The van der Waals surface area contributed by atoms with Gasteiger partial charge in [-0.3, -0.25) is 4.79 Å². The van der Waals surface area contributed by atoms with Gasteiger partial charge in [0.05, 0.1) is 5.52 Å². The largest absolute Gasteiger partial charge is 0.457 e. The summed E-state index contributed by atoms with van der Waals surface area (Å²) in [5.41, 5.74) is 3.98. The van der Waals surface area contributed by atoms with Crippen molar-refractivity contribution in [2.24, 2.45) is 0 Å². The van der Waals surface area contributed by atoms with Crippen molar-refractivity contribution >= 4 is 34.0 Å². The third kappa shape index (κ3) is 4.06. The summed E-state index contributed by atoms with van der Waals surface area (Å²) in [5, 5.41) is 4.12. The smallest absolute Gasteiger partial charge is 0.253 e. The number of carbonyl (C=O) groups excluding carboxylic acids is 1. The summed E-state index contributed by atoms with van der Waals surface area (Å²) < 4.78 is 8.00. The first-order chi connectivity index (χ1) is 16.0. The average molecular weight is 438 g/mol. The number of ether oxygens (including phenoxy) is 1. The summed E-state index contributed by atoms with van der Waals surface area (Å²) in [7, 11) is 3.46. The molecule has 0 fully saturated rings. The minimum absolute atomic E-state index is 0.0717. The summed E-state index contributed by atoms with van der Waals surface area (Å²) in [4.78, 5) is 27.0. The van der Waals surface area contributed by atoms with E-state index in [9.17, 15) is 4.79 Å². The van der Waals surface area contributed by atoms with Crippen molar-refractivity contribution in [2.45, 2.75) is 6.92 Å². The van der Waals surface area contributed by atoms with Crippen LogP contribution in [0.4, 0.5) is 11.5 Å². The number of amides is 1. The van der Waals surface area contributed by atoms with E-state index in [4.69, 9.17) is 4.74 Å². The monoisotopic (exact) mass is 438 g/mol. The molecule has 0 aliphatic carbocycles. The molecule has 1 N–H and O–H groups in total. The van der Waals surface area contributed by atoms with E-state index in [1.807, 2.05) is 66.2 Å². The van der Waals surface area contributed by atoms with Gasteiger partial charge in [0.1, 0.15) is 29.3 Å². The molecule has 8 nitrogen and oxygen atoms in total. The van der Waals surface area contributed by atoms with Crippen molar-refractivity contribution in [3.8, 4) is 11.5 Å². The Morgan fingerprint density at radius 3 is 2.70 bits per heavy atom. The molecular weight excluding hydrogens is 416 g/mol. The summed E-state index contributed by atoms with van der Waals surface area (Å²) in [5.74, 6) is 2.03. The van der Waals surface area contributed by atoms with Gasteiger partial charge in [0.2, 0.25) is 0 Å². The molecule has 0 aliphatic rings. The summed E-state index contributed by atoms with van der Waals surface area (Å²) in [6.07, 6.45) is 7.06. The van der Waals surface area contributed by atoms with E-state index in [0.717, 1.165) is 39.3 Å². The number of benzene rings is 2. The molecular formula is C25H22N6O2. The third-order valence-corrected chi connectivity index (χ3v) is 5.32. The fourth-order valence-corrected chi connectivity index (χ4v) is 3.61. The van der Waals surface area contributed by atoms with Gasteiger partial charge in [-0.1, -0.05) is 0 Å². The lowest BCUT2D eigenvalue weighted by Gasteiger charge is -2.14. The molecule has 0 saturated carbocycles. The second-order valence-corrected chi connectivity index (χ2v) is 7.92. The van der Waals surface area contributed by atoms with E-state index in [1.165, 1.54) is 6.33 Å². The second kappa shape index (κ2) is 8.23. The highest BCUT2D eigenvalue weighted by Crippen LogP contribution is 2.30. The Balaban J connectivity index is 1.41. The number of hydrogen-bond acceptors (Lipinski definition) is 6. The number of aryl methyl sites for hydroxylation is 1. The van der Waals surface area contributed by atoms with Crippen LogP contribution in [-0.4, -0.2) is 44.3 Å². The van der Waals surface area contributed by atoms with Gasteiger partial charge in [0.15, 0.2) is 0 Å². The number of nitrogens with zero attached hydrogens (tertiary/aromatic N) is 5. The topological polar surface area (TPSA) is 84.7 Å². The van der Waals surface area contributed by atoms with E-state index in [0.29, 0.717) is 11.4 Å². The van der Waals surface area contributed by atoms with Crippen LogP contribution in [0.2, 0.25) is 0 Å². The Bertz CT molecular complexity index is 1490. The number of anilines is 2. The minimum Gasteiger partial charge on any atom is -0.457 e.